The Labute approximate surface area is 125 Å². The lowest BCUT2D eigenvalue weighted by Crippen LogP contribution is -2.37. The number of hydrogen-bond acceptors (Lipinski definition) is 2. The molecule has 0 saturated heterocycles. The van der Waals surface area contributed by atoms with Gasteiger partial charge in [0.1, 0.15) is 6.04 Å². The van der Waals surface area contributed by atoms with Crippen LogP contribution in [0.15, 0.2) is 42.5 Å². The largest absolute Gasteiger partial charge is 0.373 e. The summed E-state index contributed by atoms with van der Waals surface area (Å²) in [5.74, 6) is 0.0400. The monoisotopic (exact) mass is 280 g/mol. The summed E-state index contributed by atoms with van der Waals surface area (Å²) < 4.78 is 0. The van der Waals surface area contributed by atoms with Crippen molar-refractivity contribution in [1.29, 1.82) is 0 Å². The maximum Gasteiger partial charge on any atom is 0.246 e. The molecule has 0 aromatic heterocycles. The van der Waals surface area contributed by atoms with Crippen LogP contribution < -0.4 is 10.6 Å². The van der Waals surface area contributed by atoms with Gasteiger partial charge < -0.3 is 10.6 Å². The van der Waals surface area contributed by atoms with Crippen molar-refractivity contribution in [2.45, 2.75) is 32.7 Å². The smallest absolute Gasteiger partial charge is 0.246 e. The highest BCUT2D eigenvalue weighted by atomic mass is 16.2. The summed E-state index contributed by atoms with van der Waals surface area (Å²) in [7, 11) is 0. The van der Waals surface area contributed by atoms with Crippen LogP contribution in [-0.4, -0.2) is 11.9 Å². The van der Waals surface area contributed by atoms with Crippen molar-refractivity contribution in [3.05, 3.63) is 59.2 Å². The molecule has 0 saturated carbocycles. The Bertz CT molecular complexity index is 679. The first-order valence-electron chi connectivity index (χ1n) is 7.36. The van der Waals surface area contributed by atoms with Crippen molar-refractivity contribution in [1.82, 2.24) is 0 Å². The van der Waals surface area contributed by atoms with Crippen LogP contribution in [0.4, 0.5) is 11.4 Å². The molecule has 3 heteroatoms. The molecular weight excluding hydrogens is 260 g/mol. The summed E-state index contributed by atoms with van der Waals surface area (Å²) in [5.41, 5.74) is 5.58. The minimum atomic E-state index is -0.167. The Balaban J connectivity index is 1.74. The Morgan fingerprint density at radius 1 is 1.14 bits per heavy atom. The molecule has 2 aromatic carbocycles. The van der Waals surface area contributed by atoms with E-state index >= 15 is 0 Å². The van der Waals surface area contributed by atoms with Gasteiger partial charge in [-0.1, -0.05) is 30.3 Å². The zero-order valence-corrected chi connectivity index (χ0v) is 12.4. The van der Waals surface area contributed by atoms with Gasteiger partial charge in [0.05, 0.1) is 0 Å². The van der Waals surface area contributed by atoms with Crippen molar-refractivity contribution < 1.29 is 4.79 Å². The van der Waals surface area contributed by atoms with Crippen molar-refractivity contribution >= 4 is 17.3 Å². The molecule has 1 unspecified atom stereocenters. The van der Waals surface area contributed by atoms with Crippen LogP contribution in [0.25, 0.3) is 0 Å². The second kappa shape index (κ2) is 5.60. The fourth-order valence-electron chi connectivity index (χ4n) is 2.74. The van der Waals surface area contributed by atoms with Gasteiger partial charge >= 0.3 is 0 Å². The second-order valence-corrected chi connectivity index (χ2v) is 5.63. The molecule has 1 amide bonds. The van der Waals surface area contributed by atoms with Crippen LogP contribution in [0.1, 0.15) is 23.1 Å². The van der Waals surface area contributed by atoms with E-state index in [1.165, 1.54) is 11.1 Å². The normalized spacial score (nSPS) is 16.8. The lowest BCUT2D eigenvalue weighted by Gasteiger charge is -2.26. The van der Waals surface area contributed by atoms with Gasteiger partial charge in [-0.25, -0.2) is 0 Å². The van der Waals surface area contributed by atoms with Crippen LogP contribution >= 0.6 is 0 Å². The number of carbonyl (C=O) groups is 1. The summed E-state index contributed by atoms with van der Waals surface area (Å²) in [6, 6.07) is 14.0. The molecule has 0 bridgehead atoms. The number of hydrogen-bond donors (Lipinski definition) is 2. The Hall–Kier alpha value is -2.29. The average Bonchev–Trinajstić information content (AvgIpc) is 2.51. The molecule has 1 atom stereocenters. The zero-order valence-electron chi connectivity index (χ0n) is 12.4. The molecule has 108 valence electrons. The van der Waals surface area contributed by atoms with E-state index < -0.39 is 0 Å². The third-order valence-corrected chi connectivity index (χ3v) is 4.23. The number of fused-ring (bicyclic) bond motifs is 1. The fraction of sp³-hybridized carbons (Fsp3) is 0.278. The van der Waals surface area contributed by atoms with Crippen LogP contribution in [0.5, 0.6) is 0 Å². The van der Waals surface area contributed by atoms with E-state index in [2.05, 4.69) is 29.7 Å². The number of anilines is 2. The van der Waals surface area contributed by atoms with Crippen molar-refractivity contribution in [3.63, 3.8) is 0 Å². The van der Waals surface area contributed by atoms with E-state index in [9.17, 15) is 4.79 Å². The molecule has 3 rings (SSSR count). The SMILES string of the molecule is Cc1cccc(NC(=O)C2CCc3ccccc3N2)c1C. The molecule has 2 N–H and O–H groups in total. The molecule has 0 aliphatic carbocycles. The first kappa shape index (κ1) is 13.7. The first-order valence-corrected chi connectivity index (χ1v) is 7.36. The van der Waals surface area contributed by atoms with Gasteiger partial charge in [0.2, 0.25) is 5.91 Å². The maximum absolute atomic E-state index is 12.5. The van der Waals surface area contributed by atoms with E-state index in [1.807, 2.05) is 37.3 Å². The molecule has 2 aromatic rings. The molecule has 21 heavy (non-hydrogen) atoms. The molecular formula is C18H20N2O. The maximum atomic E-state index is 12.5. The highest BCUT2D eigenvalue weighted by Crippen LogP contribution is 2.25. The summed E-state index contributed by atoms with van der Waals surface area (Å²) >= 11 is 0. The van der Waals surface area contributed by atoms with Crippen LogP contribution in [0.2, 0.25) is 0 Å². The minimum Gasteiger partial charge on any atom is -0.373 e. The molecule has 1 aliphatic heterocycles. The van der Waals surface area contributed by atoms with Crippen molar-refractivity contribution in [2.24, 2.45) is 0 Å². The second-order valence-electron chi connectivity index (χ2n) is 5.63. The number of benzene rings is 2. The standard InChI is InChI=1S/C18H20N2O/c1-12-6-5-9-15(13(12)2)20-18(21)17-11-10-14-7-3-4-8-16(14)19-17/h3-9,17,19H,10-11H2,1-2H3,(H,20,21). The predicted octanol–water partition coefficient (Wildman–Crippen LogP) is 3.67. The average molecular weight is 280 g/mol. The topological polar surface area (TPSA) is 41.1 Å². The van der Waals surface area contributed by atoms with E-state index in [4.69, 9.17) is 0 Å². The number of carbonyl (C=O) groups excluding carboxylic acids is 1. The molecule has 1 aliphatic rings. The van der Waals surface area contributed by atoms with Gasteiger partial charge in [-0.15, -0.1) is 0 Å². The number of amides is 1. The lowest BCUT2D eigenvalue weighted by atomic mass is 9.97. The van der Waals surface area contributed by atoms with Crippen LogP contribution in [-0.2, 0) is 11.2 Å². The van der Waals surface area contributed by atoms with Crippen LogP contribution in [0, 0.1) is 13.8 Å². The van der Waals surface area contributed by atoms with Crippen molar-refractivity contribution in [2.75, 3.05) is 10.6 Å². The molecule has 0 spiro atoms. The highest BCUT2D eigenvalue weighted by molar-refractivity contribution is 5.97. The van der Waals surface area contributed by atoms with E-state index in [0.717, 1.165) is 29.8 Å². The summed E-state index contributed by atoms with van der Waals surface area (Å²) in [4.78, 5) is 12.5. The quantitative estimate of drug-likeness (QED) is 0.881. The van der Waals surface area contributed by atoms with Crippen LogP contribution in [0.3, 0.4) is 0 Å². The third kappa shape index (κ3) is 2.77. The van der Waals surface area contributed by atoms with Gasteiger partial charge in [0.15, 0.2) is 0 Å². The van der Waals surface area contributed by atoms with Gasteiger partial charge in [-0.3, -0.25) is 4.79 Å². The molecule has 0 fully saturated rings. The van der Waals surface area contributed by atoms with Crippen molar-refractivity contribution in [3.8, 4) is 0 Å². The zero-order chi connectivity index (χ0) is 14.8. The van der Waals surface area contributed by atoms with E-state index in [1.54, 1.807) is 0 Å². The molecule has 0 radical (unpaired) electrons. The lowest BCUT2D eigenvalue weighted by molar-refractivity contribution is -0.117. The number of nitrogens with one attached hydrogen (secondary N) is 2. The first-order chi connectivity index (χ1) is 10.1. The molecule has 3 nitrogen and oxygen atoms in total. The summed E-state index contributed by atoms with van der Waals surface area (Å²) in [5, 5.41) is 6.39. The Kier molecular flexibility index (Phi) is 3.65. The fourth-order valence-corrected chi connectivity index (χ4v) is 2.74. The van der Waals surface area contributed by atoms with E-state index in [-0.39, 0.29) is 11.9 Å². The highest BCUT2D eigenvalue weighted by Gasteiger charge is 2.23. The van der Waals surface area contributed by atoms with Gasteiger partial charge in [0.25, 0.3) is 0 Å². The summed E-state index contributed by atoms with van der Waals surface area (Å²) in [6.07, 6.45) is 1.77. The Morgan fingerprint density at radius 3 is 2.81 bits per heavy atom. The summed E-state index contributed by atoms with van der Waals surface area (Å²) in [6.45, 7) is 4.09. The Morgan fingerprint density at radius 2 is 1.95 bits per heavy atom. The number of para-hydroxylation sites is 1. The van der Waals surface area contributed by atoms with Gasteiger partial charge in [-0.2, -0.15) is 0 Å². The van der Waals surface area contributed by atoms with Gasteiger partial charge in [0, 0.05) is 11.4 Å². The van der Waals surface area contributed by atoms with Gasteiger partial charge in [-0.05, 0) is 55.5 Å². The number of aryl methyl sites for hydroxylation is 2. The molecule has 1 heterocycles. The van der Waals surface area contributed by atoms with E-state index in [0.29, 0.717) is 0 Å². The minimum absolute atomic E-state index is 0.0400. The third-order valence-electron chi connectivity index (χ3n) is 4.23. The number of rotatable bonds is 2. The predicted molar refractivity (Wildman–Crippen MR) is 86.7 cm³/mol.